The van der Waals surface area contributed by atoms with Gasteiger partial charge >= 0.3 is 5.97 Å². The molecule has 1 unspecified atom stereocenters. The highest BCUT2D eigenvalue weighted by molar-refractivity contribution is 5.82. The Balaban J connectivity index is 4.54. The molecule has 0 fully saturated rings. The second-order valence-corrected chi connectivity index (χ2v) is 4.17. The van der Waals surface area contributed by atoms with Crippen LogP contribution in [0.3, 0.4) is 0 Å². The van der Waals surface area contributed by atoms with Gasteiger partial charge in [-0.3, -0.25) is 14.5 Å². The lowest BCUT2D eigenvalue weighted by atomic mass is 10.2. The Kier molecular flexibility index (Phi) is 7.81. The van der Waals surface area contributed by atoms with Crippen LogP contribution in [0.25, 0.3) is 0 Å². The molecule has 0 saturated carbocycles. The number of carbonyl (C=O) groups excluding carboxylic acids is 2. The molecule has 18 heavy (non-hydrogen) atoms. The van der Waals surface area contributed by atoms with Crippen molar-refractivity contribution in [1.82, 2.24) is 10.2 Å². The van der Waals surface area contributed by atoms with E-state index in [1.54, 1.807) is 18.7 Å². The van der Waals surface area contributed by atoms with Crippen molar-refractivity contribution >= 4 is 11.9 Å². The molecule has 0 aromatic rings. The Morgan fingerprint density at radius 1 is 1.39 bits per heavy atom. The summed E-state index contributed by atoms with van der Waals surface area (Å²) in [4.78, 5) is 25.0. The molecule has 0 radical (unpaired) electrons. The van der Waals surface area contributed by atoms with Gasteiger partial charge in [-0.05, 0) is 27.7 Å². The largest absolute Gasteiger partial charge is 0.465 e. The number of nitrogens with one attached hydrogen (secondary N) is 1. The topological polar surface area (TPSA) is 58.6 Å². The average molecular weight is 254 g/mol. The second-order valence-electron chi connectivity index (χ2n) is 4.17. The Labute approximate surface area is 109 Å². The monoisotopic (exact) mass is 254 g/mol. The van der Waals surface area contributed by atoms with Crippen LogP contribution in [-0.4, -0.2) is 48.6 Å². The van der Waals surface area contributed by atoms with Crippen molar-refractivity contribution in [1.29, 1.82) is 0 Å². The van der Waals surface area contributed by atoms with Crippen LogP contribution in [-0.2, 0) is 14.3 Å². The van der Waals surface area contributed by atoms with E-state index in [2.05, 4.69) is 11.2 Å². The Morgan fingerprint density at radius 2 is 2.00 bits per heavy atom. The molecule has 0 spiro atoms. The molecule has 0 rings (SSSR count). The molecular formula is C13H22N2O3. The van der Waals surface area contributed by atoms with E-state index in [4.69, 9.17) is 11.2 Å². The predicted molar refractivity (Wildman–Crippen MR) is 69.8 cm³/mol. The molecule has 0 saturated heterocycles. The molecule has 0 aliphatic carbocycles. The summed E-state index contributed by atoms with van der Waals surface area (Å²) >= 11 is 0. The van der Waals surface area contributed by atoms with Crippen LogP contribution in [0.4, 0.5) is 0 Å². The minimum absolute atomic E-state index is 0.0565. The molecule has 5 nitrogen and oxygen atoms in total. The van der Waals surface area contributed by atoms with Gasteiger partial charge < -0.3 is 10.1 Å². The summed E-state index contributed by atoms with van der Waals surface area (Å²) in [6.45, 7) is 7.95. The summed E-state index contributed by atoms with van der Waals surface area (Å²) in [5.74, 6) is 1.82. The number of amides is 1. The Hall–Kier alpha value is -1.54. The highest BCUT2D eigenvalue weighted by atomic mass is 16.5. The summed E-state index contributed by atoms with van der Waals surface area (Å²) in [6.07, 6.45) is 5.08. The van der Waals surface area contributed by atoms with E-state index in [0.717, 1.165) is 0 Å². The van der Waals surface area contributed by atoms with Gasteiger partial charge in [0.05, 0.1) is 25.7 Å². The number of hydrogen-bond acceptors (Lipinski definition) is 4. The first-order valence-electron chi connectivity index (χ1n) is 6.06. The molecule has 0 aliphatic rings. The van der Waals surface area contributed by atoms with Crippen LogP contribution in [0.2, 0.25) is 0 Å². The lowest BCUT2D eigenvalue weighted by Gasteiger charge is -2.30. The Bertz CT molecular complexity index is 321. The maximum absolute atomic E-state index is 11.8. The van der Waals surface area contributed by atoms with Gasteiger partial charge in [0.25, 0.3) is 0 Å². The third kappa shape index (κ3) is 5.69. The minimum Gasteiger partial charge on any atom is -0.465 e. The fourth-order valence-corrected chi connectivity index (χ4v) is 1.56. The van der Waals surface area contributed by atoms with E-state index in [9.17, 15) is 9.59 Å². The van der Waals surface area contributed by atoms with Gasteiger partial charge in [0, 0.05) is 6.04 Å². The summed E-state index contributed by atoms with van der Waals surface area (Å²) in [5, 5.41) is 2.60. The fourth-order valence-electron chi connectivity index (χ4n) is 1.56. The lowest BCUT2D eigenvalue weighted by Crippen LogP contribution is -2.50. The van der Waals surface area contributed by atoms with Gasteiger partial charge in [0.1, 0.15) is 0 Å². The van der Waals surface area contributed by atoms with Gasteiger partial charge in [0.15, 0.2) is 0 Å². The summed E-state index contributed by atoms with van der Waals surface area (Å²) in [7, 11) is 0. The van der Waals surface area contributed by atoms with Crippen LogP contribution >= 0.6 is 0 Å². The van der Waals surface area contributed by atoms with E-state index >= 15 is 0 Å². The number of carbonyl (C=O) groups is 2. The number of nitrogens with zero attached hydrogens (tertiary/aromatic N) is 1. The molecule has 102 valence electrons. The number of esters is 1. The van der Waals surface area contributed by atoms with Crippen LogP contribution < -0.4 is 5.32 Å². The van der Waals surface area contributed by atoms with Crippen molar-refractivity contribution in [2.24, 2.45) is 0 Å². The van der Waals surface area contributed by atoms with Gasteiger partial charge in [-0.25, -0.2) is 0 Å². The number of terminal acetylenes is 1. The van der Waals surface area contributed by atoms with Gasteiger partial charge in [0.2, 0.25) is 5.91 Å². The van der Waals surface area contributed by atoms with Crippen LogP contribution in [0.5, 0.6) is 0 Å². The summed E-state index contributed by atoms with van der Waals surface area (Å²) in [6, 6.07) is -0.372. The Morgan fingerprint density at radius 3 is 2.44 bits per heavy atom. The molecule has 1 amide bonds. The van der Waals surface area contributed by atoms with E-state index in [-0.39, 0.29) is 31.0 Å². The maximum Gasteiger partial charge on any atom is 0.320 e. The molecule has 0 bridgehead atoms. The smallest absolute Gasteiger partial charge is 0.320 e. The predicted octanol–water partition coefficient (Wildman–Crippen LogP) is 0.398. The first-order chi connectivity index (χ1) is 8.43. The van der Waals surface area contributed by atoms with Crippen molar-refractivity contribution < 1.29 is 14.3 Å². The maximum atomic E-state index is 11.8. The van der Waals surface area contributed by atoms with E-state index in [1.165, 1.54) is 0 Å². The van der Waals surface area contributed by atoms with Crippen molar-refractivity contribution in [3.8, 4) is 12.3 Å². The summed E-state index contributed by atoms with van der Waals surface area (Å²) < 4.78 is 4.89. The zero-order valence-electron chi connectivity index (χ0n) is 11.5. The molecular weight excluding hydrogens is 232 g/mol. The quantitative estimate of drug-likeness (QED) is 0.528. The lowest BCUT2D eigenvalue weighted by molar-refractivity contribution is -0.146. The first kappa shape index (κ1) is 16.5. The molecule has 0 aliphatic heterocycles. The minimum atomic E-state index is -0.428. The number of rotatable bonds is 7. The molecule has 0 heterocycles. The zero-order chi connectivity index (χ0) is 14.1. The number of hydrogen-bond donors (Lipinski definition) is 1. The van der Waals surface area contributed by atoms with E-state index < -0.39 is 6.04 Å². The third-order valence-electron chi connectivity index (χ3n) is 2.52. The zero-order valence-corrected chi connectivity index (χ0v) is 11.5. The van der Waals surface area contributed by atoms with Crippen molar-refractivity contribution in [2.75, 3.05) is 19.7 Å². The standard InChI is InChI=1S/C13H22N2O3/c1-6-8-14-13(17)11(5)15(10(3)4)9-12(16)18-7-2/h1,10-11H,7-9H2,2-5H3,(H,14,17). The van der Waals surface area contributed by atoms with Crippen molar-refractivity contribution in [3.63, 3.8) is 0 Å². The van der Waals surface area contributed by atoms with Crippen LogP contribution in [0.15, 0.2) is 0 Å². The SMILES string of the molecule is C#CCNC(=O)C(C)N(CC(=O)OCC)C(C)C. The normalized spacial score (nSPS) is 12.1. The molecule has 1 N–H and O–H groups in total. The van der Waals surface area contributed by atoms with Crippen LogP contribution in [0, 0.1) is 12.3 Å². The van der Waals surface area contributed by atoms with Gasteiger partial charge in [-0.1, -0.05) is 5.92 Å². The average Bonchev–Trinajstić information content (AvgIpc) is 2.32. The van der Waals surface area contributed by atoms with Crippen molar-refractivity contribution in [3.05, 3.63) is 0 Å². The number of ether oxygens (including phenoxy) is 1. The molecule has 0 aromatic heterocycles. The van der Waals surface area contributed by atoms with Gasteiger partial charge in [-0.2, -0.15) is 0 Å². The summed E-state index contributed by atoms with van der Waals surface area (Å²) in [5.41, 5.74) is 0. The van der Waals surface area contributed by atoms with Gasteiger partial charge in [-0.15, -0.1) is 6.42 Å². The molecule has 1 atom stereocenters. The van der Waals surface area contributed by atoms with Crippen molar-refractivity contribution in [2.45, 2.75) is 39.8 Å². The van der Waals surface area contributed by atoms with E-state index in [1.807, 2.05) is 13.8 Å². The highest BCUT2D eigenvalue weighted by Crippen LogP contribution is 2.06. The molecule has 0 aromatic carbocycles. The fraction of sp³-hybridized carbons (Fsp3) is 0.692. The highest BCUT2D eigenvalue weighted by Gasteiger charge is 2.25. The molecule has 5 heteroatoms. The van der Waals surface area contributed by atoms with Crippen LogP contribution in [0.1, 0.15) is 27.7 Å². The second kappa shape index (κ2) is 8.54. The third-order valence-corrected chi connectivity index (χ3v) is 2.52. The van der Waals surface area contributed by atoms with E-state index in [0.29, 0.717) is 6.61 Å². The first-order valence-corrected chi connectivity index (χ1v) is 6.06.